The topological polar surface area (TPSA) is 29.3 Å². The predicted molar refractivity (Wildman–Crippen MR) is 71.6 cm³/mol. The third-order valence-corrected chi connectivity index (χ3v) is 3.92. The van der Waals surface area contributed by atoms with Gasteiger partial charge in [0.05, 0.1) is 0 Å². The summed E-state index contributed by atoms with van der Waals surface area (Å²) < 4.78 is 0. The molecule has 1 rings (SSSR count). The molecule has 1 saturated heterocycles. The molecule has 2 heteroatoms. The normalized spacial score (nSPS) is 27.2. The summed E-state index contributed by atoms with van der Waals surface area (Å²) in [5.74, 6) is 0.880. The van der Waals surface area contributed by atoms with Crippen molar-refractivity contribution in [3.05, 3.63) is 0 Å². The third kappa shape index (κ3) is 4.84. The average Bonchev–Trinajstić information content (AvgIpc) is 2.30. The first-order valence-corrected chi connectivity index (χ1v) is 7.22. The first kappa shape index (κ1) is 14.0. The van der Waals surface area contributed by atoms with Gasteiger partial charge in [-0.2, -0.15) is 0 Å². The summed E-state index contributed by atoms with van der Waals surface area (Å²) in [4.78, 5) is 2.63. The van der Waals surface area contributed by atoms with Crippen LogP contribution in [-0.2, 0) is 0 Å². The molecule has 1 heterocycles. The van der Waals surface area contributed by atoms with Gasteiger partial charge in [0.1, 0.15) is 0 Å². The number of likely N-dealkylation sites (tertiary alicyclic amines) is 1. The van der Waals surface area contributed by atoms with Crippen LogP contribution in [0.4, 0.5) is 0 Å². The van der Waals surface area contributed by atoms with Crippen molar-refractivity contribution in [3.63, 3.8) is 0 Å². The van der Waals surface area contributed by atoms with Gasteiger partial charge in [-0.1, -0.05) is 39.5 Å². The first-order chi connectivity index (χ1) is 7.77. The number of piperidine rings is 1. The Bertz CT molecular complexity index is 170. The van der Waals surface area contributed by atoms with E-state index in [1.807, 2.05) is 0 Å². The Morgan fingerprint density at radius 3 is 2.62 bits per heavy atom. The standard InChI is InChI=1S/C14H30N2/c1-3-4-5-6-7-9-16-10-8-13(2)11-14(16)12-15/h13-14H,3-12,15H2,1-2H3. The minimum atomic E-state index is 0.662. The lowest BCUT2D eigenvalue weighted by Crippen LogP contribution is -2.46. The summed E-state index contributed by atoms with van der Waals surface area (Å²) in [6.45, 7) is 8.03. The Labute approximate surface area is 102 Å². The quantitative estimate of drug-likeness (QED) is 0.676. The van der Waals surface area contributed by atoms with E-state index in [1.54, 1.807) is 0 Å². The van der Waals surface area contributed by atoms with E-state index in [0.717, 1.165) is 12.5 Å². The Hall–Kier alpha value is -0.0800. The van der Waals surface area contributed by atoms with E-state index in [9.17, 15) is 0 Å². The van der Waals surface area contributed by atoms with Crippen LogP contribution in [-0.4, -0.2) is 30.6 Å². The van der Waals surface area contributed by atoms with Gasteiger partial charge >= 0.3 is 0 Å². The molecule has 16 heavy (non-hydrogen) atoms. The van der Waals surface area contributed by atoms with Crippen molar-refractivity contribution in [2.75, 3.05) is 19.6 Å². The maximum Gasteiger partial charge on any atom is 0.0220 e. The molecule has 2 unspecified atom stereocenters. The van der Waals surface area contributed by atoms with Gasteiger partial charge in [-0.15, -0.1) is 0 Å². The van der Waals surface area contributed by atoms with Crippen LogP contribution < -0.4 is 5.73 Å². The van der Waals surface area contributed by atoms with Crippen molar-refractivity contribution >= 4 is 0 Å². The largest absolute Gasteiger partial charge is 0.329 e. The Morgan fingerprint density at radius 2 is 1.94 bits per heavy atom. The van der Waals surface area contributed by atoms with Gasteiger partial charge in [0.25, 0.3) is 0 Å². The summed E-state index contributed by atoms with van der Waals surface area (Å²) >= 11 is 0. The minimum Gasteiger partial charge on any atom is -0.329 e. The zero-order chi connectivity index (χ0) is 11.8. The fraction of sp³-hybridized carbons (Fsp3) is 1.00. The van der Waals surface area contributed by atoms with Crippen molar-refractivity contribution in [1.82, 2.24) is 4.90 Å². The highest BCUT2D eigenvalue weighted by Gasteiger charge is 2.24. The van der Waals surface area contributed by atoms with E-state index >= 15 is 0 Å². The molecule has 0 aliphatic carbocycles. The lowest BCUT2D eigenvalue weighted by molar-refractivity contribution is 0.120. The Kier molecular flexibility index (Phi) is 7.06. The van der Waals surface area contributed by atoms with Crippen molar-refractivity contribution in [1.29, 1.82) is 0 Å². The highest BCUT2D eigenvalue weighted by atomic mass is 15.2. The molecule has 96 valence electrons. The van der Waals surface area contributed by atoms with Gasteiger partial charge in [-0.3, -0.25) is 4.90 Å². The summed E-state index contributed by atoms with van der Waals surface area (Å²) in [5, 5.41) is 0. The maximum absolute atomic E-state index is 5.87. The third-order valence-electron chi connectivity index (χ3n) is 3.92. The van der Waals surface area contributed by atoms with E-state index in [-0.39, 0.29) is 0 Å². The number of rotatable bonds is 7. The van der Waals surface area contributed by atoms with Crippen molar-refractivity contribution < 1.29 is 0 Å². The molecular formula is C14H30N2. The summed E-state index contributed by atoms with van der Waals surface area (Å²) in [7, 11) is 0. The second-order valence-electron chi connectivity index (χ2n) is 5.47. The first-order valence-electron chi connectivity index (χ1n) is 7.22. The van der Waals surface area contributed by atoms with Crippen LogP contribution in [0.1, 0.15) is 58.8 Å². The van der Waals surface area contributed by atoms with Gasteiger partial charge < -0.3 is 5.73 Å². The van der Waals surface area contributed by atoms with Crippen LogP contribution in [0.2, 0.25) is 0 Å². The molecule has 0 radical (unpaired) electrons. The highest BCUT2D eigenvalue weighted by molar-refractivity contribution is 4.80. The molecule has 1 aliphatic rings. The lowest BCUT2D eigenvalue weighted by atomic mass is 9.92. The second-order valence-corrected chi connectivity index (χ2v) is 5.47. The van der Waals surface area contributed by atoms with Crippen LogP contribution in [0.3, 0.4) is 0 Å². The average molecular weight is 226 g/mol. The molecule has 0 spiro atoms. The van der Waals surface area contributed by atoms with Gasteiger partial charge in [-0.25, -0.2) is 0 Å². The highest BCUT2D eigenvalue weighted by Crippen LogP contribution is 2.22. The van der Waals surface area contributed by atoms with E-state index in [4.69, 9.17) is 5.73 Å². The zero-order valence-electron chi connectivity index (χ0n) is 11.3. The van der Waals surface area contributed by atoms with Gasteiger partial charge in [0, 0.05) is 12.6 Å². The molecule has 2 N–H and O–H groups in total. The van der Waals surface area contributed by atoms with E-state index < -0.39 is 0 Å². The number of hydrogen-bond donors (Lipinski definition) is 1. The summed E-state index contributed by atoms with van der Waals surface area (Å²) in [5.41, 5.74) is 5.87. The van der Waals surface area contributed by atoms with Crippen LogP contribution in [0.5, 0.6) is 0 Å². The SMILES string of the molecule is CCCCCCCN1CCC(C)CC1CN. The molecule has 2 atom stereocenters. The molecular weight excluding hydrogens is 196 g/mol. The Morgan fingerprint density at radius 1 is 1.19 bits per heavy atom. The molecule has 0 aromatic heterocycles. The molecule has 2 nitrogen and oxygen atoms in total. The molecule has 1 fully saturated rings. The zero-order valence-corrected chi connectivity index (χ0v) is 11.3. The smallest absolute Gasteiger partial charge is 0.0220 e. The minimum absolute atomic E-state index is 0.662. The van der Waals surface area contributed by atoms with Crippen molar-refractivity contribution in [2.45, 2.75) is 64.8 Å². The summed E-state index contributed by atoms with van der Waals surface area (Å²) in [6, 6.07) is 0.662. The summed E-state index contributed by atoms with van der Waals surface area (Å²) in [6.07, 6.45) is 9.59. The van der Waals surface area contributed by atoms with Crippen LogP contribution >= 0.6 is 0 Å². The molecule has 1 aliphatic heterocycles. The van der Waals surface area contributed by atoms with Crippen molar-refractivity contribution in [2.24, 2.45) is 11.7 Å². The van der Waals surface area contributed by atoms with Gasteiger partial charge in [-0.05, 0) is 38.3 Å². The van der Waals surface area contributed by atoms with Crippen LogP contribution in [0.25, 0.3) is 0 Å². The van der Waals surface area contributed by atoms with Gasteiger partial charge in [0.2, 0.25) is 0 Å². The fourth-order valence-corrected chi connectivity index (χ4v) is 2.76. The maximum atomic E-state index is 5.87. The number of hydrogen-bond acceptors (Lipinski definition) is 2. The van der Waals surface area contributed by atoms with E-state index in [2.05, 4.69) is 18.7 Å². The molecule has 0 saturated carbocycles. The predicted octanol–water partition coefficient (Wildman–Crippen LogP) is 3.02. The fourth-order valence-electron chi connectivity index (χ4n) is 2.76. The lowest BCUT2D eigenvalue weighted by Gasteiger charge is -2.38. The van der Waals surface area contributed by atoms with Crippen LogP contribution in [0.15, 0.2) is 0 Å². The molecule has 0 aromatic rings. The molecule has 0 amide bonds. The molecule has 0 aromatic carbocycles. The molecule has 0 bridgehead atoms. The number of nitrogens with two attached hydrogens (primary N) is 1. The number of nitrogens with zero attached hydrogens (tertiary/aromatic N) is 1. The number of unbranched alkanes of at least 4 members (excludes halogenated alkanes) is 4. The van der Waals surface area contributed by atoms with E-state index in [0.29, 0.717) is 6.04 Å². The van der Waals surface area contributed by atoms with Gasteiger partial charge in [0.15, 0.2) is 0 Å². The van der Waals surface area contributed by atoms with E-state index in [1.165, 1.54) is 58.0 Å². The second kappa shape index (κ2) is 8.08. The monoisotopic (exact) mass is 226 g/mol. The van der Waals surface area contributed by atoms with Crippen LogP contribution in [0, 0.1) is 5.92 Å². The Balaban J connectivity index is 2.14. The van der Waals surface area contributed by atoms with Crippen molar-refractivity contribution in [3.8, 4) is 0 Å².